The zero-order chi connectivity index (χ0) is 15.8. The van der Waals surface area contributed by atoms with Gasteiger partial charge in [-0.3, -0.25) is 4.79 Å². The second-order valence-corrected chi connectivity index (χ2v) is 6.77. The lowest BCUT2D eigenvalue weighted by molar-refractivity contribution is -0.119. The Balaban J connectivity index is 1.80. The fraction of sp³-hybridized carbons (Fsp3) is 0.688. The van der Waals surface area contributed by atoms with Gasteiger partial charge < -0.3 is 9.88 Å². The average molecular weight is 322 g/mol. The molecule has 22 heavy (non-hydrogen) atoms. The molecule has 0 unspecified atom stereocenters. The van der Waals surface area contributed by atoms with Gasteiger partial charge in [-0.1, -0.05) is 49.9 Å². The molecule has 1 N–H and O–H groups in total. The van der Waals surface area contributed by atoms with E-state index in [0.29, 0.717) is 18.3 Å². The average Bonchev–Trinajstić information content (AvgIpc) is 2.81. The predicted molar refractivity (Wildman–Crippen MR) is 89.9 cm³/mol. The summed E-state index contributed by atoms with van der Waals surface area (Å²) in [4.78, 5) is 12.1. The standard InChI is InChI=1S/C16H26N4OS/c1-3-11-20-13(2)18-19-16(20)22-12-15(21)17-14-9-7-5-4-6-8-10-14/h3,14H,1,4-12H2,2H3,(H,17,21). The van der Waals surface area contributed by atoms with Crippen LogP contribution >= 0.6 is 11.8 Å². The smallest absolute Gasteiger partial charge is 0.230 e. The van der Waals surface area contributed by atoms with Gasteiger partial charge in [0.2, 0.25) is 5.91 Å². The Hall–Kier alpha value is -1.30. The van der Waals surface area contributed by atoms with Crippen LogP contribution in [-0.4, -0.2) is 32.5 Å². The number of thioether (sulfide) groups is 1. The third-order valence-electron chi connectivity index (χ3n) is 4.02. The number of amides is 1. The van der Waals surface area contributed by atoms with Gasteiger partial charge in [0.05, 0.1) is 5.75 Å². The largest absolute Gasteiger partial charge is 0.353 e. The van der Waals surface area contributed by atoms with E-state index in [-0.39, 0.29) is 5.91 Å². The van der Waals surface area contributed by atoms with Crippen LogP contribution in [0.2, 0.25) is 0 Å². The summed E-state index contributed by atoms with van der Waals surface area (Å²) in [5, 5.41) is 12.2. The van der Waals surface area contributed by atoms with Crippen molar-refractivity contribution in [1.82, 2.24) is 20.1 Å². The molecule has 0 radical (unpaired) electrons. The number of nitrogens with zero attached hydrogens (tertiary/aromatic N) is 3. The molecule has 1 saturated carbocycles. The lowest BCUT2D eigenvalue weighted by atomic mass is 9.97. The monoisotopic (exact) mass is 322 g/mol. The van der Waals surface area contributed by atoms with E-state index in [1.807, 2.05) is 17.6 Å². The number of allylic oxidation sites excluding steroid dienone is 1. The molecular weight excluding hydrogens is 296 g/mol. The van der Waals surface area contributed by atoms with Crippen molar-refractivity contribution in [3.63, 3.8) is 0 Å². The quantitative estimate of drug-likeness (QED) is 0.646. The van der Waals surface area contributed by atoms with E-state index in [4.69, 9.17) is 0 Å². The van der Waals surface area contributed by atoms with Crippen LogP contribution in [0.25, 0.3) is 0 Å². The Morgan fingerprint density at radius 2 is 2.00 bits per heavy atom. The van der Waals surface area contributed by atoms with Crippen molar-refractivity contribution < 1.29 is 4.79 Å². The van der Waals surface area contributed by atoms with E-state index in [1.165, 1.54) is 43.9 Å². The summed E-state index contributed by atoms with van der Waals surface area (Å²) in [6.45, 7) is 6.33. The molecule has 1 aromatic heterocycles. The molecule has 0 aliphatic heterocycles. The van der Waals surface area contributed by atoms with Crippen molar-refractivity contribution in [2.75, 3.05) is 5.75 Å². The van der Waals surface area contributed by atoms with Gasteiger partial charge in [0, 0.05) is 12.6 Å². The topological polar surface area (TPSA) is 59.8 Å². The maximum atomic E-state index is 12.1. The molecule has 0 aromatic carbocycles. The normalized spacial score (nSPS) is 16.8. The van der Waals surface area contributed by atoms with Gasteiger partial charge in [0.15, 0.2) is 5.16 Å². The molecule has 122 valence electrons. The van der Waals surface area contributed by atoms with E-state index in [2.05, 4.69) is 22.1 Å². The first-order chi connectivity index (χ1) is 10.7. The lowest BCUT2D eigenvalue weighted by Crippen LogP contribution is -2.36. The Morgan fingerprint density at radius 3 is 2.68 bits per heavy atom. The van der Waals surface area contributed by atoms with Crippen molar-refractivity contribution in [1.29, 1.82) is 0 Å². The molecule has 1 aliphatic rings. The number of hydrogen-bond acceptors (Lipinski definition) is 4. The minimum Gasteiger partial charge on any atom is -0.353 e. The lowest BCUT2D eigenvalue weighted by Gasteiger charge is -2.20. The molecule has 1 amide bonds. The number of carbonyl (C=O) groups is 1. The van der Waals surface area contributed by atoms with Gasteiger partial charge in [-0.2, -0.15) is 0 Å². The van der Waals surface area contributed by atoms with Crippen LogP contribution in [0.5, 0.6) is 0 Å². The molecular formula is C16H26N4OS. The van der Waals surface area contributed by atoms with Crippen molar-refractivity contribution in [2.24, 2.45) is 0 Å². The molecule has 1 aromatic rings. The molecule has 0 atom stereocenters. The zero-order valence-electron chi connectivity index (χ0n) is 13.4. The number of aryl methyl sites for hydroxylation is 1. The third-order valence-corrected chi connectivity index (χ3v) is 4.98. The summed E-state index contributed by atoms with van der Waals surface area (Å²) in [5.41, 5.74) is 0. The molecule has 5 nitrogen and oxygen atoms in total. The molecule has 2 rings (SSSR count). The van der Waals surface area contributed by atoms with Crippen molar-refractivity contribution >= 4 is 17.7 Å². The minimum absolute atomic E-state index is 0.0985. The van der Waals surface area contributed by atoms with Crippen molar-refractivity contribution in [2.45, 2.75) is 69.6 Å². The van der Waals surface area contributed by atoms with Gasteiger partial charge in [-0.25, -0.2) is 0 Å². The predicted octanol–water partition coefficient (Wildman–Crippen LogP) is 3.09. The van der Waals surface area contributed by atoms with Gasteiger partial charge in [-0.15, -0.1) is 16.8 Å². The minimum atomic E-state index is 0.0985. The Labute approximate surface area is 137 Å². The van der Waals surface area contributed by atoms with Crippen LogP contribution < -0.4 is 5.32 Å². The van der Waals surface area contributed by atoms with E-state index < -0.39 is 0 Å². The molecule has 1 fully saturated rings. The number of aromatic nitrogens is 3. The van der Waals surface area contributed by atoms with E-state index in [0.717, 1.165) is 23.8 Å². The Morgan fingerprint density at radius 1 is 1.32 bits per heavy atom. The second-order valence-electron chi connectivity index (χ2n) is 5.83. The van der Waals surface area contributed by atoms with Gasteiger partial charge in [-0.05, 0) is 19.8 Å². The summed E-state index contributed by atoms with van der Waals surface area (Å²) < 4.78 is 1.97. The van der Waals surface area contributed by atoms with Crippen LogP contribution in [0.3, 0.4) is 0 Å². The molecule has 6 heteroatoms. The SMILES string of the molecule is C=CCn1c(C)nnc1SCC(=O)NC1CCCCCCC1. The first-order valence-electron chi connectivity index (χ1n) is 8.13. The highest BCUT2D eigenvalue weighted by atomic mass is 32.2. The maximum Gasteiger partial charge on any atom is 0.230 e. The maximum absolute atomic E-state index is 12.1. The summed E-state index contributed by atoms with van der Waals surface area (Å²) in [7, 11) is 0. The Bertz CT molecular complexity index is 492. The van der Waals surface area contributed by atoms with Gasteiger partial charge in [0.1, 0.15) is 5.82 Å². The molecule has 0 spiro atoms. The van der Waals surface area contributed by atoms with E-state index in [1.54, 1.807) is 0 Å². The van der Waals surface area contributed by atoms with Gasteiger partial charge >= 0.3 is 0 Å². The zero-order valence-corrected chi connectivity index (χ0v) is 14.2. The Kier molecular flexibility index (Phi) is 6.96. The number of nitrogens with one attached hydrogen (secondary N) is 1. The number of hydrogen-bond donors (Lipinski definition) is 1. The van der Waals surface area contributed by atoms with Gasteiger partial charge in [0.25, 0.3) is 0 Å². The molecule has 0 bridgehead atoms. The summed E-state index contributed by atoms with van der Waals surface area (Å²) in [5.74, 6) is 1.34. The summed E-state index contributed by atoms with van der Waals surface area (Å²) in [6, 6.07) is 0.348. The number of rotatable bonds is 6. The first kappa shape index (κ1) is 17.1. The highest BCUT2D eigenvalue weighted by molar-refractivity contribution is 7.99. The van der Waals surface area contributed by atoms with E-state index in [9.17, 15) is 4.79 Å². The van der Waals surface area contributed by atoms with Crippen molar-refractivity contribution in [3.05, 3.63) is 18.5 Å². The van der Waals surface area contributed by atoms with Crippen LogP contribution in [-0.2, 0) is 11.3 Å². The molecule has 1 aliphatic carbocycles. The van der Waals surface area contributed by atoms with Crippen LogP contribution in [0.1, 0.15) is 50.8 Å². The van der Waals surface area contributed by atoms with Crippen LogP contribution in [0.4, 0.5) is 0 Å². The fourth-order valence-electron chi connectivity index (χ4n) is 2.81. The van der Waals surface area contributed by atoms with Crippen LogP contribution in [0.15, 0.2) is 17.8 Å². The highest BCUT2D eigenvalue weighted by Gasteiger charge is 2.15. The fourth-order valence-corrected chi connectivity index (χ4v) is 3.61. The number of carbonyl (C=O) groups excluding carboxylic acids is 1. The molecule has 1 heterocycles. The summed E-state index contributed by atoms with van der Waals surface area (Å²) >= 11 is 1.44. The van der Waals surface area contributed by atoms with E-state index >= 15 is 0 Å². The summed E-state index contributed by atoms with van der Waals surface area (Å²) in [6.07, 6.45) is 10.4. The van der Waals surface area contributed by atoms with Crippen molar-refractivity contribution in [3.8, 4) is 0 Å². The van der Waals surface area contributed by atoms with Crippen LogP contribution in [0, 0.1) is 6.92 Å². The first-order valence-corrected chi connectivity index (χ1v) is 9.12. The second kappa shape index (κ2) is 8.98. The highest BCUT2D eigenvalue weighted by Crippen LogP contribution is 2.19. The third kappa shape index (κ3) is 5.16. The molecule has 0 saturated heterocycles.